The molecule has 0 saturated heterocycles. The topological polar surface area (TPSA) is 89.8 Å². The van der Waals surface area contributed by atoms with Crippen molar-refractivity contribution >= 4 is 27.4 Å². The SMILES string of the molecule is Cn1cnc(S(=O)(=O)Nc2cc(Cl)ncn2)c1. The van der Waals surface area contributed by atoms with Crippen LogP contribution in [0.15, 0.2) is 29.9 Å². The van der Waals surface area contributed by atoms with Crippen LogP contribution in [0.4, 0.5) is 5.82 Å². The predicted molar refractivity (Wildman–Crippen MR) is 61.1 cm³/mol. The Bertz CT molecular complexity index is 639. The molecule has 2 aromatic heterocycles. The quantitative estimate of drug-likeness (QED) is 0.830. The molecule has 7 nitrogen and oxygen atoms in total. The van der Waals surface area contributed by atoms with E-state index < -0.39 is 10.0 Å². The molecule has 0 aliphatic rings. The van der Waals surface area contributed by atoms with Crippen LogP contribution in [-0.2, 0) is 17.1 Å². The van der Waals surface area contributed by atoms with Crippen LogP contribution in [0, 0.1) is 0 Å². The zero-order valence-electron chi connectivity index (χ0n) is 8.70. The minimum absolute atomic E-state index is 0.0882. The van der Waals surface area contributed by atoms with E-state index in [1.54, 1.807) is 7.05 Å². The number of imidazole rings is 1. The first-order valence-corrected chi connectivity index (χ1v) is 6.32. The molecule has 0 unspecified atom stereocenters. The zero-order chi connectivity index (χ0) is 12.5. The summed E-state index contributed by atoms with van der Waals surface area (Å²) >= 11 is 5.62. The molecule has 0 atom stereocenters. The lowest BCUT2D eigenvalue weighted by Gasteiger charge is -2.03. The van der Waals surface area contributed by atoms with Gasteiger partial charge in [-0.3, -0.25) is 4.72 Å². The molecule has 1 N–H and O–H groups in total. The molecule has 0 radical (unpaired) electrons. The number of rotatable bonds is 3. The Morgan fingerprint density at radius 3 is 2.71 bits per heavy atom. The van der Waals surface area contributed by atoms with Gasteiger partial charge in [0.05, 0.1) is 6.33 Å². The molecule has 0 aliphatic carbocycles. The van der Waals surface area contributed by atoms with Crippen LogP contribution in [0.25, 0.3) is 0 Å². The van der Waals surface area contributed by atoms with E-state index >= 15 is 0 Å². The summed E-state index contributed by atoms with van der Waals surface area (Å²) in [6, 6.07) is 1.31. The highest BCUT2D eigenvalue weighted by Crippen LogP contribution is 2.13. The molecular weight excluding hydrogens is 266 g/mol. The smallest absolute Gasteiger partial charge is 0.282 e. The van der Waals surface area contributed by atoms with Gasteiger partial charge in [-0.05, 0) is 0 Å². The van der Waals surface area contributed by atoms with Gasteiger partial charge in [0.1, 0.15) is 17.3 Å². The molecule has 0 spiro atoms. The lowest BCUT2D eigenvalue weighted by molar-refractivity contribution is 0.598. The Morgan fingerprint density at radius 1 is 1.35 bits per heavy atom. The number of nitrogens with one attached hydrogen (secondary N) is 1. The van der Waals surface area contributed by atoms with Crippen LogP contribution in [0.3, 0.4) is 0 Å². The fraction of sp³-hybridized carbons (Fsp3) is 0.125. The second kappa shape index (κ2) is 4.30. The molecule has 2 aromatic rings. The van der Waals surface area contributed by atoms with Crippen LogP contribution < -0.4 is 4.72 Å². The van der Waals surface area contributed by atoms with E-state index in [4.69, 9.17) is 11.6 Å². The van der Waals surface area contributed by atoms with Crippen LogP contribution >= 0.6 is 11.6 Å². The van der Waals surface area contributed by atoms with Gasteiger partial charge in [-0.15, -0.1) is 0 Å². The van der Waals surface area contributed by atoms with Crippen LogP contribution in [0.1, 0.15) is 0 Å². The summed E-state index contributed by atoms with van der Waals surface area (Å²) < 4.78 is 27.5. The largest absolute Gasteiger partial charge is 0.339 e. The van der Waals surface area contributed by atoms with Gasteiger partial charge in [-0.1, -0.05) is 11.6 Å². The molecule has 9 heteroatoms. The van der Waals surface area contributed by atoms with Crippen molar-refractivity contribution in [2.75, 3.05) is 4.72 Å². The van der Waals surface area contributed by atoms with Gasteiger partial charge >= 0.3 is 0 Å². The second-order valence-corrected chi connectivity index (χ2v) is 5.23. The molecule has 0 fully saturated rings. The minimum Gasteiger partial charge on any atom is -0.339 e. The highest BCUT2D eigenvalue weighted by Gasteiger charge is 2.17. The van der Waals surface area contributed by atoms with Crippen LogP contribution in [0.5, 0.6) is 0 Å². The standard InChI is InChI=1S/C8H8ClN5O2S/c1-14-3-8(12-5-14)17(15,16)13-7-2-6(9)10-4-11-7/h2-5H,1H3,(H,10,11,13). The first-order valence-electron chi connectivity index (χ1n) is 4.46. The molecule has 2 heterocycles. The molecule has 0 saturated carbocycles. The van der Waals surface area contributed by atoms with Crippen LogP contribution in [0.2, 0.25) is 5.15 Å². The van der Waals surface area contributed by atoms with Gasteiger partial charge in [0.15, 0.2) is 5.03 Å². The number of sulfonamides is 1. The maximum absolute atomic E-state index is 11.8. The highest BCUT2D eigenvalue weighted by atomic mass is 35.5. The lowest BCUT2D eigenvalue weighted by Crippen LogP contribution is -2.14. The summed E-state index contributed by atoms with van der Waals surface area (Å²) in [7, 11) is -2.07. The molecule has 17 heavy (non-hydrogen) atoms. The molecule has 2 rings (SSSR count). The van der Waals surface area contributed by atoms with Crippen molar-refractivity contribution in [2.24, 2.45) is 7.05 Å². The van der Waals surface area contributed by atoms with Gasteiger partial charge in [-0.2, -0.15) is 8.42 Å². The summed E-state index contributed by atoms with van der Waals surface area (Å²) in [6.45, 7) is 0. The third-order valence-corrected chi connectivity index (χ3v) is 3.28. The fourth-order valence-electron chi connectivity index (χ4n) is 1.11. The monoisotopic (exact) mass is 273 g/mol. The number of aryl methyl sites for hydroxylation is 1. The summed E-state index contributed by atoms with van der Waals surface area (Å²) in [5.41, 5.74) is 0. The van der Waals surface area contributed by atoms with E-state index in [1.807, 2.05) is 0 Å². The number of nitrogens with zero attached hydrogens (tertiary/aromatic N) is 4. The Balaban J connectivity index is 2.29. The van der Waals surface area contributed by atoms with Crippen molar-refractivity contribution in [3.8, 4) is 0 Å². The van der Waals surface area contributed by atoms with Gasteiger partial charge in [0.25, 0.3) is 10.0 Å². The zero-order valence-corrected chi connectivity index (χ0v) is 10.3. The number of hydrogen-bond acceptors (Lipinski definition) is 5. The minimum atomic E-state index is -3.74. The van der Waals surface area contributed by atoms with Crippen molar-refractivity contribution < 1.29 is 8.42 Å². The maximum Gasteiger partial charge on any atom is 0.282 e. The van der Waals surface area contributed by atoms with E-state index in [9.17, 15) is 8.42 Å². The normalized spacial score (nSPS) is 11.4. The van der Waals surface area contributed by atoms with Crippen molar-refractivity contribution in [1.29, 1.82) is 0 Å². The summed E-state index contributed by atoms with van der Waals surface area (Å²) in [4.78, 5) is 11.1. The van der Waals surface area contributed by atoms with E-state index in [-0.39, 0.29) is 16.0 Å². The van der Waals surface area contributed by atoms with E-state index in [1.165, 1.54) is 29.5 Å². The van der Waals surface area contributed by atoms with Crippen molar-refractivity contribution in [3.05, 3.63) is 30.1 Å². The summed E-state index contributed by atoms with van der Waals surface area (Å²) in [6.07, 6.45) is 3.94. The Hall–Kier alpha value is -1.67. The predicted octanol–water partition coefficient (Wildman–Crippen LogP) is 0.664. The molecule has 0 aliphatic heterocycles. The average molecular weight is 274 g/mol. The first-order chi connectivity index (χ1) is 7.97. The maximum atomic E-state index is 11.8. The van der Waals surface area contributed by atoms with Crippen molar-refractivity contribution in [2.45, 2.75) is 5.03 Å². The van der Waals surface area contributed by atoms with Gasteiger partial charge in [-0.25, -0.2) is 15.0 Å². The fourth-order valence-corrected chi connectivity index (χ4v) is 2.24. The van der Waals surface area contributed by atoms with Crippen molar-refractivity contribution in [3.63, 3.8) is 0 Å². The average Bonchev–Trinajstić information content (AvgIpc) is 2.65. The summed E-state index contributed by atoms with van der Waals surface area (Å²) in [5.74, 6) is 0.0932. The Kier molecular flexibility index (Phi) is 2.99. The van der Waals surface area contributed by atoms with Gasteiger partial charge in [0, 0.05) is 19.3 Å². The summed E-state index contributed by atoms with van der Waals surface area (Å²) in [5, 5.41) is 0.0634. The van der Waals surface area contributed by atoms with Crippen LogP contribution in [-0.4, -0.2) is 27.9 Å². The van der Waals surface area contributed by atoms with E-state index in [0.29, 0.717) is 0 Å². The molecule has 90 valence electrons. The Morgan fingerprint density at radius 2 is 2.12 bits per heavy atom. The number of aromatic nitrogens is 4. The molecule has 0 amide bonds. The van der Waals surface area contributed by atoms with Crippen molar-refractivity contribution in [1.82, 2.24) is 19.5 Å². The van der Waals surface area contributed by atoms with E-state index in [0.717, 1.165) is 0 Å². The third-order valence-electron chi connectivity index (χ3n) is 1.83. The molecular formula is C8H8ClN5O2S. The number of hydrogen-bond donors (Lipinski definition) is 1. The molecule has 0 bridgehead atoms. The first kappa shape index (κ1) is 11.8. The van der Waals surface area contributed by atoms with E-state index in [2.05, 4.69) is 19.7 Å². The van der Waals surface area contributed by atoms with Gasteiger partial charge in [0.2, 0.25) is 0 Å². The number of anilines is 1. The molecule has 0 aromatic carbocycles. The number of halogens is 1. The third kappa shape index (κ3) is 2.71. The van der Waals surface area contributed by atoms with Gasteiger partial charge < -0.3 is 4.57 Å². The Labute approximate surface area is 103 Å². The second-order valence-electron chi connectivity index (χ2n) is 3.21. The lowest BCUT2D eigenvalue weighted by atomic mass is 10.6. The highest BCUT2D eigenvalue weighted by molar-refractivity contribution is 7.92.